The van der Waals surface area contributed by atoms with Crippen LogP contribution in [0.5, 0.6) is 0 Å². The van der Waals surface area contributed by atoms with Gasteiger partial charge in [-0.2, -0.15) is 0 Å². The molecule has 0 saturated carbocycles. The molecule has 0 radical (unpaired) electrons. The molecule has 1 saturated heterocycles. The van der Waals surface area contributed by atoms with Gasteiger partial charge in [-0.15, -0.1) is 0 Å². The van der Waals surface area contributed by atoms with Crippen molar-refractivity contribution in [3.63, 3.8) is 0 Å². The van der Waals surface area contributed by atoms with Gasteiger partial charge in [-0.3, -0.25) is 0 Å². The number of carboxylic acids is 3. The number of carboxylic acid groups (broad SMARTS) is 3. The number of rotatable bonds is 11. The minimum absolute atomic E-state index is 0.135. The van der Waals surface area contributed by atoms with Gasteiger partial charge in [0.25, 0.3) is 0 Å². The maximum Gasteiger partial charge on any atom is 0.408 e. The molecule has 13 heteroatoms. The minimum atomic E-state index is -1.30. The molecule has 0 aromatic heterocycles. The molecule has 184 valence electrons. The largest absolute Gasteiger partial charge is 0.498 e. The van der Waals surface area contributed by atoms with Crippen molar-refractivity contribution in [2.24, 2.45) is 0 Å². The van der Waals surface area contributed by atoms with Gasteiger partial charge >= 0.3 is 24.0 Å². The second-order valence-corrected chi connectivity index (χ2v) is 7.58. The monoisotopic (exact) mass is 473 g/mol. The second kappa shape index (κ2) is 13.0. The number of aliphatic carboxylic acids is 3. The summed E-state index contributed by atoms with van der Waals surface area (Å²) in [6, 6.07) is -0.896. The lowest BCUT2D eigenvalue weighted by Gasteiger charge is -2.41. The Kier molecular flexibility index (Phi) is 10.7. The fraction of sp³-hybridized carbons (Fsp3) is 0.500. The number of carbonyl (C=O) groups excluding carboxylic acids is 1. The van der Waals surface area contributed by atoms with E-state index in [0.717, 1.165) is 24.9 Å². The fourth-order valence-electron chi connectivity index (χ4n) is 2.55. The van der Waals surface area contributed by atoms with Gasteiger partial charge in [0.2, 0.25) is 0 Å². The maximum absolute atomic E-state index is 12.2. The molecule has 1 amide bonds. The Balaban J connectivity index is 3.12. The Bertz CT molecular complexity index is 782. The maximum atomic E-state index is 12.2. The highest BCUT2D eigenvalue weighted by Gasteiger charge is 2.44. The summed E-state index contributed by atoms with van der Waals surface area (Å²) in [5, 5.41) is 28.8. The first-order valence-electron chi connectivity index (χ1n) is 9.61. The predicted octanol–water partition coefficient (Wildman–Crippen LogP) is 0.860. The molecule has 13 nitrogen and oxygen atoms in total. The van der Waals surface area contributed by atoms with E-state index in [2.05, 4.69) is 5.32 Å². The molecular formula is C20H27NO12. The third kappa shape index (κ3) is 11.4. The summed E-state index contributed by atoms with van der Waals surface area (Å²) in [6.45, 7) is 4.62. The number of amides is 1. The number of nitrogens with one attached hydrogen (secondary N) is 1. The Morgan fingerprint density at radius 2 is 1.42 bits per heavy atom. The SMILES string of the molecule is CC(C)(C)OC(=O)N[C@H]1CO[C@H](CO/C=C/C(=O)O)[C@@H](O/C=C/C(=O)O)[C@@H]1O/C=C/C(=O)O. The van der Waals surface area contributed by atoms with Crippen LogP contribution in [-0.4, -0.2) is 82.5 Å². The first-order chi connectivity index (χ1) is 15.4. The van der Waals surface area contributed by atoms with E-state index in [1.54, 1.807) is 20.8 Å². The Labute approximate surface area is 189 Å². The van der Waals surface area contributed by atoms with Gasteiger partial charge in [-0.1, -0.05) is 0 Å². The van der Waals surface area contributed by atoms with E-state index in [9.17, 15) is 19.2 Å². The molecule has 1 heterocycles. The van der Waals surface area contributed by atoms with E-state index in [0.29, 0.717) is 12.2 Å². The third-order valence-corrected chi connectivity index (χ3v) is 3.74. The number of hydrogen-bond donors (Lipinski definition) is 4. The van der Waals surface area contributed by atoms with Gasteiger partial charge in [0.05, 0.1) is 49.7 Å². The van der Waals surface area contributed by atoms with Crippen molar-refractivity contribution in [1.82, 2.24) is 5.32 Å². The summed E-state index contributed by atoms with van der Waals surface area (Å²) < 4.78 is 27.0. The van der Waals surface area contributed by atoms with Crippen molar-refractivity contribution in [2.75, 3.05) is 13.2 Å². The molecule has 0 aromatic carbocycles. The van der Waals surface area contributed by atoms with Gasteiger partial charge in [0, 0.05) is 0 Å². The van der Waals surface area contributed by atoms with Gasteiger partial charge in [0.1, 0.15) is 18.3 Å². The number of carbonyl (C=O) groups is 4. The lowest BCUT2D eigenvalue weighted by Crippen LogP contribution is -2.61. The molecule has 4 atom stereocenters. The summed E-state index contributed by atoms with van der Waals surface area (Å²) in [5.74, 6) is -3.82. The molecule has 0 aromatic rings. The minimum Gasteiger partial charge on any atom is -0.498 e. The average molecular weight is 473 g/mol. The van der Waals surface area contributed by atoms with Crippen molar-refractivity contribution in [3.8, 4) is 0 Å². The lowest BCUT2D eigenvalue weighted by molar-refractivity contribution is -0.167. The van der Waals surface area contributed by atoms with Crippen molar-refractivity contribution in [3.05, 3.63) is 37.0 Å². The smallest absolute Gasteiger partial charge is 0.408 e. The quantitative estimate of drug-likeness (QED) is 0.245. The highest BCUT2D eigenvalue weighted by molar-refractivity contribution is 5.80. The molecular weight excluding hydrogens is 446 g/mol. The number of ether oxygens (including phenoxy) is 5. The summed E-state index contributed by atoms with van der Waals surface area (Å²) in [4.78, 5) is 44.4. The zero-order valence-electron chi connectivity index (χ0n) is 18.2. The van der Waals surface area contributed by atoms with Gasteiger partial charge < -0.3 is 44.3 Å². The van der Waals surface area contributed by atoms with Crippen molar-refractivity contribution < 1.29 is 58.2 Å². The standard InChI is InChI=1S/C20H27NO12/c1-20(2,3)33-19(28)21-12-10-32-13(11-29-7-4-14(22)23)18(31-9-6-16(26)27)17(12)30-8-5-15(24)25/h4-9,12-13,17-18H,10-11H2,1-3H3,(H,21,28)(H,22,23)(H,24,25)(H,26,27)/b7-4+,8-5+,9-6+/t12-,13+,17+,18+/m0/s1. The van der Waals surface area contributed by atoms with Gasteiger partial charge in [-0.25, -0.2) is 19.2 Å². The molecule has 1 rings (SSSR count). The van der Waals surface area contributed by atoms with Crippen molar-refractivity contribution in [1.29, 1.82) is 0 Å². The van der Waals surface area contributed by atoms with Crippen molar-refractivity contribution >= 4 is 24.0 Å². The Hall–Kier alpha value is -3.74. The molecule has 0 aliphatic carbocycles. The van der Waals surface area contributed by atoms with Crippen LogP contribution in [-0.2, 0) is 38.1 Å². The molecule has 0 bridgehead atoms. The molecule has 0 spiro atoms. The van der Waals surface area contributed by atoms with Crippen LogP contribution < -0.4 is 5.32 Å². The van der Waals surface area contributed by atoms with E-state index in [1.165, 1.54) is 0 Å². The second-order valence-electron chi connectivity index (χ2n) is 7.58. The number of hydrogen-bond acceptors (Lipinski definition) is 9. The molecule has 33 heavy (non-hydrogen) atoms. The van der Waals surface area contributed by atoms with E-state index in [1.807, 2.05) is 0 Å². The van der Waals surface area contributed by atoms with Gasteiger partial charge in [0.15, 0.2) is 12.2 Å². The molecule has 1 aliphatic rings. The van der Waals surface area contributed by atoms with E-state index in [-0.39, 0.29) is 13.2 Å². The van der Waals surface area contributed by atoms with Crippen LogP contribution in [0, 0.1) is 0 Å². The van der Waals surface area contributed by atoms with E-state index >= 15 is 0 Å². The molecule has 1 aliphatic heterocycles. The first-order valence-corrected chi connectivity index (χ1v) is 9.61. The summed E-state index contributed by atoms with van der Waals surface area (Å²) in [6.07, 6.45) is 0.935. The average Bonchev–Trinajstić information content (AvgIpc) is 2.65. The number of alkyl carbamates (subject to hydrolysis) is 1. The fourth-order valence-corrected chi connectivity index (χ4v) is 2.55. The Morgan fingerprint density at radius 1 is 0.909 bits per heavy atom. The lowest BCUT2D eigenvalue weighted by atomic mass is 9.98. The van der Waals surface area contributed by atoms with Crippen LogP contribution in [0.4, 0.5) is 4.79 Å². The highest BCUT2D eigenvalue weighted by Crippen LogP contribution is 2.23. The van der Waals surface area contributed by atoms with E-state index in [4.69, 9.17) is 39.0 Å². The predicted molar refractivity (Wildman–Crippen MR) is 109 cm³/mol. The Morgan fingerprint density at radius 3 is 1.94 bits per heavy atom. The summed E-state index contributed by atoms with van der Waals surface area (Å²) in [7, 11) is 0. The van der Waals surface area contributed by atoms with Crippen LogP contribution in [0.1, 0.15) is 20.8 Å². The van der Waals surface area contributed by atoms with Crippen LogP contribution in [0.3, 0.4) is 0 Å². The molecule has 4 N–H and O–H groups in total. The summed E-state index contributed by atoms with van der Waals surface area (Å²) in [5.41, 5.74) is -0.799. The third-order valence-electron chi connectivity index (χ3n) is 3.74. The summed E-state index contributed by atoms with van der Waals surface area (Å²) >= 11 is 0. The van der Waals surface area contributed by atoms with Crippen LogP contribution in [0.25, 0.3) is 0 Å². The molecule has 0 unspecified atom stereocenters. The van der Waals surface area contributed by atoms with Crippen LogP contribution in [0.2, 0.25) is 0 Å². The van der Waals surface area contributed by atoms with Crippen LogP contribution in [0.15, 0.2) is 37.0 Å². The zero-order valence-corrected chi connectivity index (χ0v) is 18.2. The highest BCUT2D eigenvalue weighted by atomic mass is 16.6. The van der Waals surface area contributed by atoms with Crippen LogP contribution >= 0.6 is 0 Å². The topological polar surface area (TPSA) is 187 Å². The van der Waals surface area contributed by atoms with Crippen molar-refractivity contribution in [2.45, 2.75) is 50.7 Å². The molecule has 1 fully saturated rings. The zero-order chi connectivity index (χ0) is 25.0. The van der Waals surface area contributed by atoms with E-state index < -0.39 is 54.0 Å². The normalized spacial score (nSPS) is 23.4. The van der Waals surface area contributed by atoms with Gasteiger partial charge in [-0.05, 0) is 20.8 Å². The first kappa shape index (κ1) is 27.3.